The first-order chi connectivity index (χ1) is 9.60. The van der Waals surface area contributed by atoms with Gasteiger partial charge in [-0.25, -0.2) is 0 Å². The number of carbonyl (C=O) groups excluding carboxylic acids is 1. The molecule has 0 unspecified atom stereocenters. The van der Waals surface area contributed by atoms with Gasteiger partial charge in [-0.1, -0.05) is 23.7 Å². The van der Waals surface area contributed by atoms with Gasteiger partial charge in [0.15, 0.2) is 0 Å². The Hall–Kier alpha value is -1.06. The molecule has 20 heavy (non-hydrogen) atoms. The van der Waals surface area contributed by atoms with Crippen LogP contribution in [0.25, 0.3) is 0 Å². The number of carbonyl (C=O) groups is 1. The molecule has 0 aliphatic heterocycles. The zero-order valence-electron chi connectivity index (χ0n) is 12.2. The lowest BCUT2D eigenvalue weighted by Gasteiger charge is -2.11. The summed E-state index contributed by atoms with van der Waals surface area (Å²) in [5.74, 6) is -0.147. The van der Waals surface area contributed by atoms with Crippen LogP contribution in [0.15, 0.2) is 12.1 Å². The quantitative estimate of drug-likeness (QED) is 0.784. The second-order valence-corrected chi connectivity index (χ2v) is 5.85. The van der Waals surface area contributed by atoms with Crippen LogP contribution in [0.3, 0.4) is 0 Å². The Morgan fingerprint density at radius 3 is 2.85 bits per heavy atom. The van der Waals surface area contributed by atoms with Crippen LogP contribution in [0.5, 0.6) is 0 Å². The lowest BCUT2D eigenvalue weighted by atomic mass is 10.0. The SMILES string of the molecule is COC(=O)CCCc1cc(C)c(Cl)c(CNC2CC2)c1. The van der Waals surface area contributed by atoms with Gasteiger partial charge < -0.3 is 10.1 Å². The van der Waals surface area contributed by atoms with Gasteiger partial charge in [0, 0.05) is 24.0 Å². The standard InChI is InChI=1S/C16H22ClNO2/c1-11-8-12(4-3-5-15(19)20-2)9-13(16(11)17)10-18-14-6-7-14/h8-9,14,18H,3-7,10H2,1-2H3. The zero-order chi connectivity index (χ0) is 14.5. The van der Waals surface area contributed by atoms with Gasteiger partial charge in [0.05, 0.1) is 7.11 Å². The Balaban J connectivity index is 1.95. The Labute approximate surface area is 125 Å². The van der Waals surface area contributed by atoms with Crippen molar-refractivity contribution >= 4 is 17.6 Å². The second-order valence-electron chi connectivity index (χ2n) is 5.47. The van der Waals surface area contributed by atoms with Crippen molar-refractivity contribution in [2.75, 3.05) is 7.11 Å². The van der Waals surface area contributed by atoms with Crippen LogP contribution >= 0.6 is 11.6 Å². The number of benzene rings is 1. The monoisotopic (exact) mass is 295 g/mol. The fraction of sp³-hybridized carbons (Fsp3) is 0.562. The normalized spacial score (nSPS) is 14.3. The van der Waals surface area contributed by atoms with Crippen molar-refractivity contribution in [2.24, 2.45) is 0 Å². The average molecular weight is 296 g/mol. The van der Waals surface area contributed by atoms with Crippen LogP contribution < -0.4 is 5.32 Å². The van der Waals surface area contributed by atoms with Gasteiger partial charge in [0.25, 0.3) is 0 Å². The molecule has 2 rings (SSSR count). The van der Waals surface area contributed by atoms with Gasteiger partial charge in [-0.3, -0.25) is 4.79 Å². The predicted octanol–water partition coefficient (Wildman–Crippen LogP) is 3.40. The van der Waals surface area contributed by atoms with Crippen LogP contribution in [0.1, 0.15) is 42.4 Å². The first-order valence-electron chi connectivity index (χ1n) is 7.18. The van der Waals surface area contributed by atoms with Crippen molar-refractivity contribution in [1.29, 1.82) is 0 Å². The summed E-state index contributed by atoms with van der Waals surface area (Å²) in [7, 11) is 1.43. The van der Waals surface area contributed by atoms with Crippen LogP contribution in [-0.2, 0) is 22.5 Å². The maximum absolute atomic E-state index is 11.1. The average Bonchev–Trinajstić information content (AvgIpc) is 3.24. The molecule has 1 aliphatic carbocycles. The summed E-state index contributed by atoms with van der Waals surface area (Å²) in [4.78, 5) is 11.1. The molecule has 0 atom stereocenters. The van der Waals surface area contributed by atoms with Gasteiger partial charge in [-0.15, -0.1) is 0 Å². The highest BCUT2D eigenvalue weighted by Gasteiger charge is 2.20. The zero-order valence-corrected chi connectivity index (χ0v) is 12.9. The molecule has 3 nitrogen and oxygen atoms in total. The molecule has 0 saturated heterocycles. The molecule has 0 aromatic heterocycles. The highest BCUT2D eigenvalue weighted by atomic mass is 35.5. The molecule has 4 heteroatoms. The van der Waals surface area contributed by atoms with E-state index in [0.717, 1.165) is 35.5 Å². The summed E-state index contributed by atoms with van der Waals surface area (Å²) in [5.41, 5.74) is 3.50. The number of hydrogen-bond donors (Lipinski definition) is 1. The summed E-state index contributed by atoms with van der Waals surface area (Å²) in [5, 5.41) is 4.35. The number of hydrogen-bond acceptors (Lipinski definition) is 3. The number of aryl methyl sites for hydroxylation is 2. The Bertz CT molecular complexity index is 484. The molecule has 1 fully saturated rings. The molecule has 1 saturated carbocycles. The molecule has 1 aromatic carbocycles. The first-order valence-corrected chi connectivity index (χ1v) is 7.56. The molecule has 0 heterocycles. The third kappa shape index (κ3) is 4.50. The van der Waals surface area contributed by atoms with E-state index in [1.54, 1.807) is 0 Å². The smallest absolute Gasteiger partial charge is 0.305 e. The highest BCUT2D eigenvalue weighted by molar-refractivity contribution is 6.32. The van der Waals surface area contributed by atoms with Crippen molar-refractivity contribution in [1.82, 2.24) is 5.32 Å². The molecular weight excluding hydrogens is 274 g/mol. The molecule has 0 bridgehead atoms. The predicted molar refractivity (Wildman–Crippen MR) is 81.0 cm³/mol. The van der Waals surface area contributed by atoms with Crippen molar-refractivity contribution in [3.05, 3.63) is 33.8 Å². The summed E-state index contributed by atoms with van der Waals surface area (Å²) in [6, 6.07) is 4.94. The van der Waals surface area contributed by atoms with E-state index in [1.807, 2.05) is 6.92 Å². The molecule has 1 N–H and O–H groups in total. The van der Waals surface area contributed by atoms with Crippen LogP contribution in [0.2, 0.25) is 5.02 Å². The number of esters is 1. The Morgan fingerprint density at radius 1 is 1.45 bits per heavy atom. The van der Waals surface area contributed by atoms with E-state index in [9.17, 15) is 4.79 Å². The number of halogens is 1. The lowest BCUT2D eigenvalue weighted by Crippen LogP contribution is -2.16. The maximum atomic E-state index is 11.1. The summed E-state index contributed by atoms with van der Waals surface area (Å²) in [6.45, 7) is 2.86. The summed E-state index contributed by atoms with van der Waals surface area (Å²) >= 11 is 6.36. The van der Waals surface area contributed by atoms with E-state index in [1.165, 1.54) is 25.5 Å². The molecule has 1 aliphatic rings. The second kappa shape index (κ2) is 7.09. The van der Waals surface area contributed by atoms with Crippen molar-refractivity contribution in [3.8, 4) is 0 Å². The minimum Gasteiger partial charge on any atom is -0.469 e. The first kappa shape index (κ1) is 15.3. The van der Waals surface area contributed by atoms with Gasteiger partial charge in [-0.2, -0.15) is 0 Å². The minimum atomic E-state index is -0.147. The van der Waals surface area contributed by atoms with Crippen molar-refractivity contribution in [2.45, 2.75) is 51.6 Å². The van der Waals surface area contributed by atoms with Crippen LogP contribution in [0, 0.1) is 6.92 Å². The number of methoxy groups -OCH3 is 1. The van der Waals surface area contributed by atoms with E-state index < -0.39 is 0 Å². The Kier molecular flexibility index (Phi) is 5.44. The van der Waals surface area contributed by atoms with E-state index >= 15 is 0 Å². The molecule has 0 radical (unpaired) electrons. The van der Waals surface area contributed by atoms with Gasteiger partial charge in [0.1, 0.15) is 0 Å². The topological polar surface area (TPSA) is 38.3 Å². The molecule has 0 spiro atoms. The number of ether oxygens (including phenoxy) is 1. The third-order valence-corrected chi connectivity index (χ3v) is 4.16. The van der Waals surface area contributed by atoms with Gasteiger partial charge in [-0.05, 0) is 49.3 Å². The van der Waals surface area contributed by atoms with Crippen molar-refractivity contribution in [3.63, 3.8) is 0 Å². The van der Waals surface area contributed by atoms with Gasteiger partial charge in [0.2, 0.25) is 0 Å². The fourth-order valence-corrected chi connectivity index (χ4v) is 2.45. The Morgan fingerprint density at radius 2 is 2.20 bits per heavy atom. The largest absolute Gasteiger partial charge is 0.469 e. The van der Waals surface area contributed by atoms with E-state index in [4.69, 9.17) is 11.6 Å². The van der Waals surface area contributed by atoms with Crippen LogP contribution in [0.4, 0.5) is 0 Å². The molecule has 110 valence electrons. The van der Waals surface area contributed by atoms with E-state index in [2.05, 4.69) is 22.2 Å². The van der Waals surface area contributed by atoms with Crippen molar-refractivity contribution < 1.29 is 9.53 Å². The molecule has 0 amide bonds. The molecular formula is C16H22ClNO2. The highest BCUT2D eigenvalue weighted by Crippen LogP contribution is 2.25. The summed E-state index contributed by atoms with van der Waals surface area (Å²) in [6.07, 6.45) is 4.70. The van der Waals surface area contributed by atoms with E-state index in [0.29, 0.717) is 12.5 Å². The number of rotatable bonds is 7. The third-order valence-electron chi connectivity index (χ3n) is 3.62. The van der Waals surface area contributed by atoms with Crippen LogP contribution in [-0.4, -0.2) is 19.1 Å². The minimum absolute atomic E-state index is 0.147. The number of nitrogens with one attached hydrogen (secondary N) is 1. The maximum Gasteiger partial charge on any atom is 0.305 e. The fourth-order valence-electron chi connectivity index (χ4n) is 2.28. The lowest BCUT2D eigenvalue weighted by molar-refractivity contribution is -0.140. The molecule has 1 aromatic rings. The summed E-state index contributed by atoms with van der Waals surface area (Å²) < 4.78 is 4.66. The van der Waals surface area contributed by atoms with Gasteiger partial charge >= 0.3 is 5.97 Å². The van der Waals surface area contributed by atoms with E-state index in [-0.39, 0.29) is 5.97 Å².